The highest BCUT2D eigenvalue weighted by Crippen LogP contribution is 2.22. The van der Waals surface area contributed by atoms with Crippen LogP contribution in [0.1, 0.15) is 29.9 Å². The van der Waals surface area contributed by atoms with Crippen LogP contribution < -0.4 is 5.73 Å². The Kier molecular flexibility index (Phi) is 4.42. The van der Waals surface area contributed by atoms with Crippen LogP contribution in [0.4, 0.5) is 5.69 Å². The maximum atomic E-state index is 12.7. The molecule has 3 N–H and O–H groups in total. The number of hydrogen-bond acceptors (Lipinski definition) is 4. The van der Waals surface area contributed by atoms with Crippen molar-refractivity contribution in [2.75, 3.05) is 5.73 Å². The average molecular weight is 285 g/mol. The molecule has 5 nitrogen and oxygen atoms in total. The fourth-order valence-corrected chi connectivity index (χ4v) is 2.04. The number of amides is 1. The van der Waals surface area contributed by atoms with Gasteiger partial charge in [0, 0.05) is 17.9 Å². The van der Waals surface area contributed by atoms with Crippen LogP contribution in [0.2, 0.25) is 0 Å². The second-order valence-corrected chi connectivity index (χ2v) is 5.12. The third kappa shape index (κ3) is 3.51. The van der Waals surface area contributed by atoms with Gasteiger partial charge in [-0.2, -0.15) is 0 Å². The summed E-state index contributed by atoms with van der Waals surface area (Å²) in [6.45, 7) is 4.26. The number of nitrogen functional groups attached to an aromatic ring is 1. The van der Waals surface area contributed by atoms with Gasteiger partial charge in [0.2, 0.25) is 0 Å². The predicted molar refractivity (Wildman–Crippen MR) is 81.8 cm³/mol. The van der Waals surface area contributed by atoms with Crippen molar-refractivity contribution in [3.8, 4) is 5.75 Å². The number of rotatable bonds is 4. The summed E-state index contributed by atoms with van der Waals surface area (Å²) in [6.07, 6.45) is 1.70. The van der Waals surface area contributed by atoms with Crippen molar-refractivity contribution >= 4 is 11.6 Å². The van der Waals surface area contributed by atoms with Crippen LogP contribution in [0.25, 0.3) is 0 Å². The highest BCUT2D eigenvalue weighted by atomic mass is 16.3. The number of nitrogens with zero attached hydrogens (tertiary/aromatic N) is 2. The molecule has 2 rings (SSSR count). The second-order valence-electron chi connectivity index (χ2n) is 5.12. The van der Waals surface area contributed by atoms with E-state index in [1.165, 1.54) is 18.2 Å². The molecule has 21 heavy (non-hydrogen) atoms. The van der Waals surface area contributed by atoms with Crippen molar-refractivity contribution in [1.82, 2.24) is 9.88 Å². The largest absolute Gasteiger partial charge is 0.508 e. The van der Waals surface area contributed by atoms with Gasteiger partial charge in [0.05, 0.1) is 17.8 Å². The molecular formula is C16H19N3O2. The number of carbonyl (C=O) groups excluding carboxylic acids is 1. The molecule has 1 aromatic carbocycles. The van der Waals surface area contributed by atoms with Gasteiger partial charge in [-0.15, -0.1) is 0 Å². The minimum atomic E-state index is -0.218. The van der Waals surface area contributed by atoms with Crippen LogP contribution in [0.15, 0.2) is 42.6 Å². The fourth-order valence-electron chi connectivity index (χ4n) is 2.04. The summed E-state index contributed by atoms with van der Waals surface area (Å²) in [7, 11) is 0. The number of benzene rings is 1. The molecule has 0 saturated heterocycles. The predicted octanol–water partition coefficient (Wildman–Crippen LogP) is 2.42. The number of carbonyl (C=O) groups is 1. The molecule has 2 aromatic rings. The van der Waals surface area contributed by atoms with Crippen molar-refractivity contribution in [3.63, 3.8) is 0 Å². The van der Waals surface area contributed by atoms with Gasteiger partial charge in [-0.3, -0.25) is 9.78 Å². The highest BCUT2D eigenvalue weighted by molar-refractivity contribution is 5.99. The number of nitrogens with two attached hydrogens (primary N) is 1. The van der Waals surface area contributed by atoms with Crippen molar-refractivity contribution in [2.24, 2.45) is 0 Å². The summed E-state index contributed by atoms with van der Waals surface area (Å²) in [5, 5.41) is 9.56. The van der Waals surface area contributed by atoms with Gasteiger partial charge in [0.25, 0.3) is 5.91 Å². The van der Waals surface area contributed by atoms with Gasteiger partial charge >= 0.3 is 0 Å². The van der Waals surface area contributed by atoms with E-state index in [1.807, 2.05) is 32.0 Å². The first kappa shape index (κ1) is 14.8. The Morgan fingerprint density at radius 3 is 2.71 bits per heavy atom. The summed E-state index contributed by atoms with van der Waals surface area (Å²) >= 11 is 0. The molecule has 0 unspecified atom stereocenters. The summed E-state index contributed by atoms with van der Waals surface area (Å²) in [5.41, 5.74) is 7.31. The van der Waals surface area contributed by atoms with E-state index in [1.54, 1.807) is 11.1 Å². The Labute approximate surface area is 124 Å². The second kappa shape index (κ2) is 6.26. The standard InChI is InChI=1S/C16H19N3O2/c1-11(2)19(10-12-5-3-4-8-18-12)16(21)14-9-13(20)6-7-15(14)17/h3-9,11,20H,10,17H2,1-2H3. The van der Waals surface area contributed by atoms with Crippen molar-refractivity contribution < 1.29 is 9.90 Å². The van der Waals surface area contributed by atoms with E-state index in [2.05, 4.69) is 4.98 Å². The molecule has 0 fully saturated rings. The first-order chi connectivity index (χ1) is 9.99. The molecule has 1 heterocycles. The minimum absolute atomic E-state index is 0.0127. The van der Waals surface area contributed by atoms with E-state index in [9.17, 15) is 9.90 Å². The maximum Gasteiger partial charge on any atom is 0.256 e. The van der Waals surface area contributed by atoms with Crippen molar-refractivity contribution in [3.05, 3.63) is 53.9 Å². The molecule has 0 aliphatic carbocycles. The number of phenolic OH excluding ortho intramolecular Hbond substituents is 1. The Balaban J connectivity index is 2.30. The molecule has 0 atom stereocenters. The summed E-state index contributed by atoms with van der Waals surface area (Å²) in [6, 6.07) is 9.96. The van der Waals surface area contributed by atoms with Crippen LogP contribution in [-0.2, 0) is 6.54 Å². The lowest BCUT2D eigenvalue weighted by atomic mass is 10.1. The topological polar surface area (TPSA) is 79.5 Å². The number of anilines is 1. The molecule has 0 aliphatic heterocycles. The van der Waals surface area contributed by atoms with Gasteiger partial charge in [-0.25, -0.2) is 0 Å². The lowest BCUT2D eigenvalue weighted by Crippen LogP contribution is -2.37. The molecule has 0 radical (unpaired) electrons. The zero-order chi connectivity index (χ0) is 15.4. The third-order valence-corrected chi connectivity index (χ3v) is 3.21. The van der Waals surface area contributed by atoms with Crippen molar-refractivity contribution in [1.29, 1.82) is 0 Å². The Morgan fingerprint density at radius 2 is 2.10 bits per heavy atom. The van der Waals surface area contributed by atoms with E-state index in [4.69, 9.17) is 5.73 Å². The van der Waals surface area contributed by atoms with Gasteiger partial charge in [0.15, 0.2) is 0 Å². The Morgan fingerprint density at radius 1 is 1.33 bits per heavy atom. The van der Waals surface area contributed by atoms with Crippen molar-refractivity contribution in [2.45, 2.75) is 26.4 Å². The quantitative estimate of drug-likeness (QED) is 0.668. The molecular weight excluding hydrogens is 266 g/mol. The van der Waals surface area contributed by atoms with Crippen LogP contribution in [-0.4, -0.2) is 26.9 Å². The van der Waals surface area contributed by atoms with E-state index < -0.39 is 0 Å². The molecule has 0 spiro atoms. The number of hydrogen-bond donors (Lipinski definition) is 2. The average Bonchev–Trinajstić information content (AvgIpc) is 2.47. The SMILES string of the molecule is CC(C)N(Cc1ccccn1)C(=O)c1cc(O)ccc1N. The molecule has 1 aromatic heterocycles. The first-order valence-electron chi connectivity index (χ1n) is 6.78. The molecule has 5 heteroatoms. The molecule has 1 amide bonds. The maximum absolute atomic E-state index is 12.7. The molecule has 0 saturated carbocycles. The Bertz CT molecular complexity index is 627. The number of pyridine rings is 1. The summed E-state index contributed by atoms with van der Waals surface area (Å²) in [5.74, 6) is -0.196. The molecule has 110 valence electrons. The molecule has 0 bridgehead atoms. The Hall–Kier alpha value is -2.56. The number of phenols is 1. The van der Waals surface area contributed by atoms with E-state index in [-0.39, 0.29) is 17.7 Å². The zero-order valence-electron chi connectivity index (χ0n) is 12.2. The van der Waals surface area contributed by atoms with Crippen LogP contribution in [0.3, 0.4) is 0 Å². The van der Waals surface area contributed by atoms with E-state index in [0.29, 0.717) is 17.8 Å². The first-order valence-corrected chi connectivity index (χ1v) is 6.78. The fraction of sp³-hybridized carbons (Fsp3) is 0.250. The lowest BCUT2D eigenvalue weighted by Gasteiger charge is -2.27. The smallest absolute Gasteiger partial charge is 0.256 e. The monoisotopic (exact) mass is 285 g/mol. The number of aromatic hydroxyl groups is 1. The van der Waals surface area contributed by atoms with Gasteiger partial charge < -0.3 is 15.7 Å². The van der Waals surface area contributed by atoms with Crippen LogP contribution in [0, 0.1) is 0 Å². The van der Waals surface area contributed by atoms with E-state index >= 15 is 0 Å². The summed E-state index contributed by atoms with van der Waals surface area (Å²) in [4.78, 5) is 18.6. The lowest BCUT2D eigenvalue weighted by molar-refractivity contribution is 0.0688. The zero-order valence-corrected chi connectivity index (χ0v) is 12.2. The highest BCUT2D eigenvalue weighted by Gasteiger charge is 2.21. The van der Waals surface area contributed by atoms with Crippen LogP contribution in [0.5, 0.6) is 5.75 Å². The normalized spacial score (nSPS) is 10.6. The number of aromatic nitrogens is 1. The van der Waals surface area contributed by atoms with E-state index in [0.717, 1.165) is 5.69 Å². The van der Waals surface area contributed by atoms with Gasteiger partial charge in [0.1, 0.15) is 5.75 Å². The molecule has 0 aliphatic rings. The van der Waals surface area contributed by atoms with Crippen LogP contribution >= 0.6 is 0 Å². The summed E-state index contributed by atoms with van der Waals surface area (Å²) < 4.78 is 0. The third-order valence-electron chi connectivity index (χ3n) is 3.21. The minimum Gasteiger partial charge on any atom is -0.508 e. The van der Waals surface area contributed by atoms with Gasteiger partial charge in [-0.05, 0) is 44.2 Å². The van der Waals surface area contributed by atoms with Gasteiger partial charge in [-0.1, -0.05) is 6.07 Å².